The number of benzene rings is 4. The number of ketones is 4. The second-order valence-corrected chi connectivity index (χ2v) is 36.3. The molecule has 0 aliphatic carbocycles. The van der Waals surface area contributed by atoms with Crippen molar-refractivity contribution in [3.63, 3.8) is 0 Å². The predicted molar refractivity (Wildman–Crippen MR) is 419 cm³/mol. The number of Topliss-reactive ketones (excluding diaryl/α,β-unsaturated/α-hetero) is 4. The number of halogens is 4. The highest BCUT2D eigenvalue weighted by Crippen LogP contribution is 2.32. The van der Waals surface area contributed by atoms with Crippen LogP contribution in [0.1, 0.15) is 246 Å². The number of amides is 4. The predicted octanol–water partition coefficient (Wildman–Crippen LogP) is 17.6. The van der Waals surface area contributed by atoms with Gasteiger partial charge < -0.3 is 59.5 Å². The highest BCUT2D eigenvalue weighted by molar-refractivity contribution is 5.88. The molecule has 111 heavy (non-hydrogen) atoms. The number of aliphatic hydroxyl groups excluding tert-OH is 1. The lowest BCUT2D eigenvalue weighted by Gasteiger charge is -2.31. The lowest BCUT2D eigenvalue weighted by atomic mass is 9.80. The van der Waals surface area contributed by atoms with Crippen molar-refractivity contribution < 1.29 is 99.0 Å². The summed E-state index contributed by atoms with van der Waals surface area (Å²) in [6.45, 7) is 41.6. The number of esters is 1. The van der Waals surface area contributed by atoms with Crippen molar-refractivity contribution in [3.8, 4) is 0 Å². The van der Waals surface area contributed by atoms with Crippen LogP contribution in [0, 0.1) is 44.9 Å². The molecule has 6 atom stereocenters. The van der Waals surface area contributed by atoms with E-state index < -0.39 is 140 Å². The van der Waals surface area contributed by atoms with E-state index in [4.69, 9.17) is 33.2 Å². The molecule has 0 bridgehead atoms. The summed E-state index contributed by atoms with van der Waals surface area (Å²) in [5, 5.41) is 21.5. The normalized spacial score (nSPS) is 13.8. The van der Waals surface area contributed by atoms with Gasteiger partial charge >= 0.3 is 30.3 Å². The van der Waals surface area contributed by atoms with Gasteiger partial charge in [-0.05, 0) is 217 Å². The number of hydrogen-bond donors (Lipinski definition) is 5. The van der Waals surface area contributed by atoms with Gasteiger partial charge in [-0.2, -0.15) is 0 Å². The van der Waals surface area contributed by atoms with E-state index in [1.54, 1.807) is 104 Å². The Morgan fingerprint density at radius 2 is 0.721 bits per heavy atom. The largest absolute Gasteiger partial charge is 0.452 e. The van der Waals surface area contributed by atoms with E-state index in [-0.39, 0.29) is 100 Å². The van der Waals surface area contributed by atoms with Crippen molar-refractivity contribution >= 4 is 53.5 Å². The van der Waals surface area contributed by atoms with Crippen LogP contribution >= 0.6 is 0 Å². The monoisotopic (exact) mass is 1560 g/mol. The molecule has 4 aromatic rings. The first-order chi connectivity index (χ1) is 50.8. The lowest BCUT2D eigenvalue weighted by molar-refractivity contribution is -0.166. The minimum Gasteiger partial charge on any atom is -0.452 e. The van der Waals surface area contributed by atoms with Gasteiger partial charge in [0.25, 0.3) is 0 Å². The molecule has 0 aliphatic rings. The molecule has 4 amide bonds. The van der Waals surface area contributed by atoms with Crippen LogP contribution in [-0.2, 0) is 83.2 Å². The molecule has 0 spiro atoms. The fourth-order valence-electron chi connectivity index (χ4n) is 10.4. The van der Waals surface area contributed by atoms with E-state index in [1.165, 1.54) is 0 Å². The summed E-state index contributed by atoms with van der Waals surface area (Å²) in [6.07, 6.45) is -5.34. The van der Waals surface area contributed by atoms with E-state index in [0.29, 0.717) is 31.1 Å². The van der Waals surface area contributed by atoms with Crippen LogP contribution in [0.5, 0.6) is 0 Å². The first kappa shape index (κ1) is 98.8. The Hall–Kier alpha value is -8.29. The van der Waals surface area contributed by atoms with Gasteiger partial charge in [0.15, 0.2) is 17.7 Å². The summed E-state index contributed by atoms with van der Waals surface area (Å²) in [7, 11) is 0. The van der Waals surface area contributed by atoms with Gasteiger partial charge in [0.1, 0.15) is 63.3 Å². The molecule has 21 nitrogen and oxygen atoms in total. The molecule has 0 aromatic heterocycles. The Balaban J connectivity index is 0.000000713. The topological polar surface area (TPSA) is 287 Å². The van der Waals surface area contributed by atoms with Crippen LogP contribution in [0.2, 0.25) is 0 Å². The Labute approximate surface area is 656 Å². The van der Waals surface area contributed by atoms with E-state index in [9.17, 15) is 65.8 Å². The number of nitrogens with one attached hydrogen (secondary N) is 4. The molecule has 4 rings (SSSR count). The van der Waals surface area contributed by atoms with Crippen molar-refractivity contribution in [1.29, 1.82) is 0 Å². The van der Waals surface area contributed by atoms with Crippen molar-refractivity contribution in [3.05, 3.63) is 143 Å². The fraction of sp³-hybridized carbons (Fsp3) is 0.616. The van der Waals surface area contributed by atoms with Crippen LogP contribution in [0.4, 0.5) is 36.7 Å². The maximum atomic E-state index is 14.5. The smallest absolute Gasteiger partial charge is 0.408 e. The first-order valence-corrected chi connectivity index (χ1v) is 37.9. The van der Waals surface area contributed by atoms with E-state index >= 15 is 0 Å². The van der Waals surface area contributed by atoms with Crippen LogP contribution < -0.4 is 21.3 Å². The molecule has 4 aromatic carbocycles. The van der Waals surface area contributed by atoms with Crippen molar-refractivity contribution in [1.82, 2.24) is 21.3 Å². The second-order valence-electron chi connectivity index (χ2n) is 36.3. The molecule has 0 saturated heterocycles. The standard InChI is InChI=1S/C43H62F2N2O9.C38H54F2N2O8.C5H12/c1-40(2,3)37(50)54-36(34(47-39(52)56-42(7,8)9)27-53-26-28-15-13-12-14-16-28)35(49)20-22-43(10,11)21-19-32(48)25-31(46-38(51)55-41(4,5)6)24-29-23-30(44)17-18-33(29)45;1-36(2,3)49-34(46)41-28(21-26-20-27(39)14-15-30(26)40)22-29(43)16-18-38(7,8)19-17-32(44)33(45)31(42-35(47)50-37(4,5)6)24-48-23-25-12-10-9-11-13-25;1-5(2,3)4/h12-18,23,31,34,36H,19-22,24-27H2,1-11H3,(H,46,51)(H,47,52);9-15,20,28,31,33,45H,16-19,21-24H2,1-8H3,(H,41,46)(H,42,47);1-4H3/t31?,34-,36+;28?,31-,33+;/m11./s1. The Morgan fingerprint density at radius 3 is 1.06 bits per heavy atom. The molecule has 0 radical (unpaired) electrons. The van der Waals surface area contributed by atoms with Gasteiger partial charge in [-0.25, -0.2) is 36.7 Å². The second kappa shape index (κ2) is 44.8. The molecule has 0 heterocycles. The highest BCUT2D eigenvalue weighted by Gasteiger charge is 2.39. The van der Waals surface area contributed by atoms with Gasteiger partial charge in [0, 0.05) is 50.6 Å². The van der Waals surface area contributed by atoms with E-state index in [0.717, 1.165) is 47.5 Å². The average Bonchev–Trinajstić information content (AvgIpc) is 0.850. The number of alkyl carbamates (subject to hydrolysis) is 4. The Morgan fingerprint density at radius 1 is 0.405 bits per heavy atom. The number of carbonyl (C=O) groups is 9. The van der Waals surface area contributed by atoms with Gasteiger partial charge in [-0.15, -0.1) is 0 Å². The SMILES string of the molecule is CC(C)(C)C.CC(C)(CCC(=O)CC(Cc1cc(F)ccc1F)NC(=O)OC(C)(C)C)CCC(=O)[C@@H](O)[C@@H](COCc1ccccc1)NC(=O)OC(C)(C)C.CC(C)(CCC(=O)CC(Cc1cc(F)ccc1F)NC(=O)OC(C)(C)C)CCC(=O)[C@@H](OC(=O)C(C)(C)C)[C@@H](COCc1ccccc1)NC(=O)OC(C)(C)C. The molecule has 2 unspecified atom stereocenters. The minimum atomic E-state index is -1.57. The zero-order valence-electron chi connectivity index (χ0n) is 70.0. The molecule has 0 saturated carbocycles. The van der Waals surface area contributed by atoms with E-state index in [2.05, 4.69) is 49.0 Å². The molecular formula is C86H128F4N4O17. The fourth-order valence-corrected chi connectivity index (χ4v) is 10.4. The van der Waals surface area contributed by atoms with Crippen molar-refractivity contribution in [2.24, 2.45) is 21.7 Å². The number of ether oxygens (including phenoxy) is 7. The number of rotatable bonds is 37. The summed E-state index contributed by atoms with van der Waals surface area (Å²) < 4.78 is 95.7. The quantitative estimate of drug-likeness (QED) is 0.0159. The molecule has 0 aliphatic heterocycles. The van der Waals surface area contributed by atoms with Crippen LogP contribution in [-0.4, -0.2) is 131 Å². The number of hydrogen-bond acceptors (Lipinski definition) is 17. The lowest BCUT2D eigenvalue weighted by Crippen LogP contribution is -2.53. The summed E-state index contributed by atoms with van der Waals surface area (Å²) >= 11 is 0. The Bertz CT molecular complexity index is 3600. The highest BCUT2D eigenvalue weighted by atomic mass is 19.1. The molecule has 5 N–H and O–H groups in total. The summed E-state index contributed by atoms with van der Waals surface area (Å²) in [5.74, 6) is -4.69. The zero-order valence-corrected chi connectivity index (χ0v) is 70.0. The molecule has 25 heteroatoms. The molecular weight excluding hydrogens is 1440 g/mol. The maximum Gasteiger partial charge on any atom is 0.408 e. The molecule has 622 valence electrons. The van der Waals surface area contributed by atoms with Crippen LogP contribution in [0.25, 0.3) is 0 Å². The first-order valence-electron chi connectivity index (χ1n) is 37.9. The summed E-state index contributed by atoms with van der Waals surface area (Å²) in [6, 6.07) is 20.8. The van der Waals surface area contributed by atoms with Gasteiger partial charge in [-0.3, -0.25) is 24.0 Å². The summed E-state index contributed by atoms with van der Waals surface area (Å²) in [4.78, 5) is 117. The average molecular weight is 1570 g/mol. The number of carbonyl (C=O) groups excluding carboxylic acids is 9. The van der Waals surface area contributed by atoms with Crippen molar-refractivity contribution in [2.75, 3.05) is 13.2 Å². The van der Waals surface area contributed by atoms with Crippen LogP contribution in [0.15, 0.2) is 97.1 Å². The maximum absolute atomic E-state index is 14.5. The third kappa shape index (κ3) is 46.3. The van der Waals surface area contributed by atoms with E-state index in [1.807, 2.05) is 88.4 Å². The van der Waals surface area contributed by atoms with Gasteiger partial charge in [0.2, 0.25) is 0 Å². The Kier molecular flexibility index (Phi) is 39.9. The molecule has 0 fully saturated rings. The zero-order chi connectivity index (χ0) is 84.7. The third-order valence-corrected chi connectivity index (χ3v) is 16.1. The van der Waals surface area contributed by atoms with Gasteiger partial charge in [-0.1, -0.05) is 116 Å². The minimum absolute atomic E-state index is 0.00402. The third-order valence-electron chi connectivity index (χ3n) is 16.1. The van der Waals surface area contributed by atoms with Crippen LogP contribution in [0.3, 0.4) is 0 Å². The summed E-state index contributed by atoms with van der Waals surface area (Å²) in [5.41, 5.74) is -3.04. The number of aliphatic hydroxyl groups is 1. The van der Waals surface area contributed by atoms with Crippen molar-refractivity contribution in [2.45, 2.75) is 308 Å². The van der Waals surface area contributed by atoms with Gasteiger partial charge in [0.05, 0.1) is 43.9 Å².